The van der Waals surface area contributed by atoms with Gasteiger partial charge in [0.2, 0.25) is 0 Å². The Morgan fingerprint density at radius 3 is 2.23 bits per heavy atom. The van der Waals surface area contributed by atoms with E-state index in [2.05, 4.69) is 31.9 Å². The van der Waals surface area contributed by atoms with Gasteiger partial charge in [-0.15, -0.1) is 0 Å². The van der Waals surface area contributed by atoms with E-state index < -0.39 is 11.8 Å². The lowest BCUT2D eigenvalue weighted by Crippen LogP contribution is -2.00. The molecule has 1 rings (SSSR count). The van der Waals surface area contributed by atoms with Crippen molar-refractivity contribution >= 4 is 37.8 Å². The third-order valence-electron chi connectivity index (χ3n) is 1.40. The van der Waals surface area contributed by atoms with E-state index in [1.165, 1.54) is 12.1 Å². The van der Waals surface area contributed by atoms with E-state index in [1.807, 2.05) is 0 Å². The molecule has 0 bridgehead atoms. The number of benzene rings is 1. The molecule has 0 aliphatic heterocycles. The van der Waals surface area contributed by atoms with Crippen molar-refractivity contribution in [3.05, 3.63) is 32.5 Å². The molecule has 0 aromatic heterocycles. The van der Waals surface area contributed by atoms with Gasteiger partial charge < -0.3 is 5.11 Å². The number of rotatable bonds is 2. The van der Waals surface area contributed by atoms with Gasteiger partial charge in [0.05, 0.1) is 15.4 Å². The lowest BCUT2D eigenvalue weighted by atomic mass is 10.1. The molecule has 2 nitrogen and oxygen atoms in total. The Hall–Kier alpha value is -0.420. The van der Waals surface area contributed by atoms with Crippen LogP contribution < -0.4 is 0 Å². The van der Waals surface area contributed by atoms with Crippen LogP contribution in [0.3, 0.4) is 0 Å². The van der Waals surface area contributed by atoms with Gasteiger partial charge in [0, 0.05) is 0 Å². The molecule has 0 fully saturated rings. The van der Waals surface area contributed by atoms with Crippen LogP contribution in [0.1, 0.15) is 5.56 Å². The van der Waals surface area contributed by atoms with Crippen molar-refractivity contribution in [2.45, 2.75) is 6.42 Å². The summed E-state index contributed by atoms with van der Waals surface area (Å²) in [6, 6.07) is 2.91. The summed E-state index contributed by atoms with van der Waals surface area (Å²) in [5, 5.41) is 8.49. The number of carbonyl (C=O) groups is 1. The average Bonchev–Trinajstić information content (AvgIpc) is 1.98. The maximum atomic E-state index is 13.0. The van der Waals surface area contributed by atoms with Gasteiger partial charge in [-0.3, -0.25) is 4.79 Å². The van der Waals surface area contributed by atoms with Crippen LogP contribution in [0.15, 0.2) is 21.1 Å². The highest BCUT2D eigenvalue weighted by atomic mass is 79.9. The molecule has 0 heterocycles. The molecular weight excluding hydrogens is 307 g/mol. The first-order valence-corrected chi connectivity index (χ1v) is 4.94. The Balaban J connectivity index is 3.06. The predicted molar refractivity (Wildman–Crippen MR) is 53.1 cm³/mol. The molecule has 13 heavy (non-hydrogen) atoms. The molecule has 0 amide bonds. The van der Waals surface area contributed by atoms with E-state index in [-0.39, 0.29) is 15.4 Å². The summed E-state index contributed by atoms with van der Waals surface area (Å²) in [6.07, 6.45) is -0.114. The maximum Gasteiger partial charge on any atom is 0.307 e. The lowest BCUT2D eigenvalue weighted by Gasteiger charge is -2.01. The third-order valence-corrected chi connectivity index (χ3v) is 2.55. The van der Waals surface area contributed by atoms with Gasteiger partial charge in [-0.2, -0.15) is 0 Å². The summed E-state index contributed by atoms with van der Waals surface area (Å²) >= 11 is 5.98. The quantitative estimate of drug-likeness (QED) is 0.853. The van der Waals surface area contributed by atoms with Crippen LogP contribution in [-0.2, 0) is 11.2 Å². The Bertz CT molecular complexity index is 329. The minimum absolute atomic E-state index is 0.114. The molecular formula is C8H5Br2FO2. The Morgan fingerprint density at radius 2 is 1.85 bits per heavy atom. The second kappa shape index (κ2) is 4.19. The highest BCUT2D eigenvalue weighted by Gasteiger charge is 2.08. The smallest absolute Gasteiger partial charge is 0.307 e. The van der Waals surface area contributed by atoms with E-state index in [9.17, 15) is 9.18 Å². The Morgan fingerprint density at radius 1 is 1.38 bits per heavy atom. The molecule has 0 spiro atoms. The molecule has 1 N–H and O–H groups in total. The summed E-state index contributed by atoms with van der Waals surface area (Å²) in [6.45, 7) is 0. The molecule has 70 valence electrons. The summed E-state index contributed by atoms with van der Waals surface area (Å²) < 4.78 is 13.5. The number of hydrogen-bond acceptors (Lipinski definition) is 1. The average molecular weight is 312 g/mol. The minimum Gasteiger partial charge on any atom is -0.481 e. The van der Waals surface area contributed by atoms with E-state index in [4.69, 9.17) is 5.11 Å². The molecule has 0 saturated heterocycles. The molecule has 0 aliphatic carbocycles. The first-order valence-electron chi connectivity index (χ1n) is 3.36. The first-order chi connectivity index (χ1) is 6.00. The highest BCUT2D eigenvalue weighted by Crippen LogP contribution is 2.25. The van der Waals surface area contributed by atoms with Crippen LogP contribution in [0.25, 0.3) is 0 Å². The maximum absolute atomic E-state index is 13.0. The summed E-state index contributed by atoms with van der Waals surface area (Å²) in [5.41, 5.74) is 0.549. The van der Waals surface area contributed by atoms with Gasteiger partial charge in [0.1, 0.15) is 0 Å². The largest absolute Gasteiger partial charge is 0.481 e. The minimum atomic E-state index is -0.939. The molecule has 0 aliphatic rings. The van der Waals surface area contributed by atoms with Gasteiger partial charge in [-0.1, -0.05) is 0 Å². The number of halogens is 3. The van der Waals surface area contributed by atoms with Crippen molar-refractivity contribution in [2.24, 2.45) is 0 Å². The van der Waals surface area contributed by atoms with Crippen LogP contribution in [0, 0.1) is 5.82 Å². The van der Waals surface area contributed by atoms with Crippen LogP contribution >= 0.6 is 31.9 Å². The SMILES string of the molecule is O=C(O)Cc1cc(Br)c(F)c(Br)c1. The van der Waals surface area contributed by atoms with Crippen LogP contribution in [0.4, 0.5) is 4.39 Å². The van der Waals surface area contributed by atoms with E-state index in [0.29, 0.717) is 5.56 Å². The molecule has 0 atom stereocenters. The summed E-state index contributed by atoms with van der Waals surface area (Å²) in [4.78, 5) is 10.4. The van der Waals surface area contributed by atoms with Crippen LogP contribution in [0.2, 0.25) is 0 Å². The van der Waals surface area contributed by atoms with Crippen molar-refractivity contribution in [3.8, 4) is 0 Å². The van der Waals surface area contributed by atoms with Gasteiger partial charge in [-0.25, -0.2) is 4.39 Å². The standard InChI is InChI=1S/C8H5Br2FO2/c9-5-1-4(3-7(12)13)2-6(10)8(5)11/h1-2H,3H2,(H,12,13). The molecule has 0 radical (unpaired) electrons. The topological polar surface area (TPSA) is 37.3 Å². The van der Waals surface area contributed by atoms with Crippen LogP contribution in [0.5, 0.6) is 0 Å². The van der Waals surface area contributed by atoms with Crippen molar-refractivity contribution < 1.29 is 14.3 Å². The van der Waals surface area contributed by atoms with E-state index in [0.717, 1.165) is 0 Å². The zero-order chi connectivity index (χ0) is 10.0. The Kier molecular flexibility index (Phi) is 3.44. The predicted octanol–water partition coefficient (Wildman–Crippen LogP) is 2.98. The van der Waals surface area contributed by atoms with Gasteiger partial charge in [0.15, 0.2) is 5.82 Å². The second-order valence-corrected chi connectivity index (χ2v) is 4.15. The second-order valence-electron chi connectivity index (χ2n) is 2.44. The number of aliphatic carboxylic acids is 1. The van der Waals surface area contributed by atoms with E-state index in [1.54, 1.807) is 0 Å². The first kappa shape index (κ1) is 10.7. The zero-order valence-corrected chi connectivity index (χ0v) is 9.52. The number of hydrogen-bond donors (Lipinski definition) is 1. The molecule has 0 unspecified atom stereocenters. The van der Waals surface area contributed by atoms with Crippen molar-refractivity contribution in [1.82, 2.24) is 0 Å². The molecule has 1 aromatic rings. The molecule has 0 saturated carbocycles. The summed E-state index contributed by atoms with van der Waals surface area (Å²) in [5.74, 6) is -1.36. The Labute approximate surface area is 91.0 Å². The zero-order valence-electron chi connectivity index (χ0n) is 6.35. The van der Waals surface area contributed by atoms with E-state index >= 15 is 0 Å². The number of carboxylic acid groups (broad SMARTS) is 1. The highest BCUT2D eigenvalue weighted by molar-refractivity contribution is 9.11. The van der Waals surface area contributed by atoms with Crippen molar-refractivity contribution in [2.75, 3.05) is 0 Å². The van der Waals surface area contributed by atoms with Gasteiger partial charge in [-0.05, 0) is 49.6 Å². The molecule has 1 aromatic carbocycles. The monoisotopic (exact) mass is 310 g/mol. The van der Waals surface area contributed by atoms with Crippen molar-refractivity contribution in [1.29, 1.82) is 0 Å². The fourth-order valence-electron chi connectivity index (χ4n) is 0.885. The van der Waals surface area contributed by atoms with Crippen molar-refractivity contribution in [3.63, 3.8) is 0 Å². The lowest BCUT2D eigenvalue weighted by molar-refractivity contribution is -0.136. The fraction of sp³-hybridized carbons (Fsp3) is 0.125. The van der Waals surface area contributed by atoms with Crippen LogP contribution in [-0.4, -0.2) is 11.1 Å². The van der Waals surface area contributed by atoms with Gasteiger partial charge in [0.25, 0.3) is 0 Å². The fourth-order valence-corrected chi connectivity index (χ4v) is 2.17. The van der Waals surface area contributed by atoms with Gasteiger partial charge >= 0.3 is 5.97 Å². The third kappa shape index (κ3) is 2.77. The normalized spacial score (nSPS) is 10.1. The molecule has 5 heteroatoms. The summed E-state index contributed by atoms with van der Waals surface area (Å²) in [7, 11) is 0. The number of carboxylic acids is 1.